The van der Waals surface area contributed by atoms with Crippen molar-refractivity contribution in [1.82, 2.24) is 20.4 Å². The van der Waals surface area contributed by atoms with Gasteiger partial charge in [0.1, 0.15) is 0 Å². The molecule has 1 amide bonds. The molecule has 0 spiro atoms. The molecular weight excluding hydrogens is 314 g/mol. The van der Waals surface area contributed by atoms with Crippen LogP contribution in [0.25, 0.3) is 0 Å². The van der Waals surface area contributed by atoms with Gasteiger partial charge in [-0.2, -0.15) is 0 Å². The van der Waals surface area contributed by atoms with Crippen LogP contribution in [0.4, 0.5) is 0 Å². The van der Waals surface area contributed by atoms with E-state index in [0.717, 1.165) is 38.6 Å². The number of hydrogen-bond donors (Lipinski definition) is 2. The summed E-state index contributed by atoms with van der Waals surface area (Å²) >= 11 is 0. The van der Waals surface area contributed by atoms with E-state index in [2.05, 4.69) is 50.4 Å². The van der Waals surface area contributed by atoms with E-state index in [4.69, 9.17) is 4.99 Å². The first-order valence-corrected chi connectivity index (χ1v) is 9.95. The molecule has 2 N–H and O–H groups in total. The van der Waals surface area contributed by atoms with Gasteiger partial charge < -0.3 is 20.4 Å². The summed E-state index contributed by atoms with van der Waals surface area (Å²) in [6.07, 6.45) is 3.92. The average Bonchev–Trinajstić information content (AvgIpc) is 3.06. The minimum atomic E-state index is 0.243. The molecule has 6 heteroatoms. The number of carbonyl (C=O) groups excluding carboxylic acids is 1. The Kier molecular flexibility index (Phi) is 9.86. The van der Waals surface area contributed by atoms with Crippen molar-refractivity contribution in [2.24, 2.45) is 10.9 Å². The Morgan fingerprint density at radius 2 is 1.92 bits per heavy atom. The number of likely N-dealkylation sites (tertiary alicyclic amines) is 1. The Morgan fingerprint density at radius 1 is 1.24 bits per heavy atom. The lowest BCUT2D eigenvalue weighted by molar-refractivity contribution is -0.129. The standard InChI is InChI=1S/C19H39N5O/c1-7-15(8-2)17(23(5)6)13-21-19(20-10-4)22-16-11-12-24(14-16)18(25)9-3/h15-17H,7-14H2,1-6H3,(H2,20,21,22). The number of carbonyl (C=O) groups is 1. The highest BCUT2D eigenvalue weighted by atomic mass is 16.2. The number of nitrogens with one attached hydrogen (secondary N) is 2. The largest absolute Gasteiger partial charge is 0.357 e. The highest BCUT2D eigenvalue weighted by Crippen LogP contribution is 2.17. The first kappa shape index (κ1) is 21.7. The fraction of sp³-hybridized carbons (Fsp3) is 0.895. The molecule has 0 aliphatic carbocycles. The maximum absolute atomic E-state index is 11.8. The second-order valence-corrected chi connectivity index (χ2v) is 7.15. The van der Waals surface area contributed by atoms with E-state index in [1.54, 1.807) is 0 Å². The van der Waals surface area contributed by atoms with Crippen molar-refractivity contribution in [2.75, 3.05) is 40.3 Å². The lowest BCUT2D eigenvalue weighted by Crippen LogP contribution is -2.46. The highest BCUT2D eigenvalue weighted by Gasteiger charge is 2.26. The van der Waals surface area contributed by atoms with E-state index in [0.29, 0.717) is 24.4 Å². The zero-order valence-corrected chi connectivity index (χ0v) is 17.1. The summed E-state index contributed by atoms with van der Waals surface area (Å²) in [6.45, 7) is 11.8. The molecule has 0 aromatic heterocycles. The molecule has 1 rings (SSSR count). The predicted molar refractivity (Wildman–Crippen MR) is 106 cm³/mol. The molecule has 0 aromatic rings. The van der Waals surface area contributed by atoms with Crippen molar-refractivity contribution in [1.29, 1.82) is 0 Å². The first-order valence-electron chi connectivity index (χ1n) is 9.95. The van der Waals surface area contributed by atoms with Gasteiger partial charge in [0, 0.05) is 38.1 Å². The van der Waals surface area contributed by atoms with Gasteiger partial charge in [-0.1, -0.05) is 33.6 Å². The molecule has 0 saturated carbocycles. The molecule has 0 radical (unpaired) electrons. The summed E-state index contributed by atoms with van der Waals surface area (Å²) in [7, 11) is 4.29. The van der Waals surface area contributed by atoms with Gasteiger partial charge in [-0.15, -0.1) is 0 Å². The van der Waals surface area contributed by atoms with Gasteiger partial charge in [0.2, 0.25) is 5.91 Å². The summed E-state index contributed by atoms with van der Waals surface area (Å²) in [4.78, 5) is 20.9. The average molecular weight is 354 g/mol. The minimum Gasteiger partial charge on any atom is -0.357 e. The molecule has 1 heterocycles. The second-order valence-electron chi connectivity index (χ2n) is 7.15. The quantitative estimate of drug-likeness (QED) is 0.491. The topological polar surface area (TPSA) is 60.0 Å². The van der Waals surface area contributed by atoms with Gasteiger partial charge in [-0.3, -0.25) is 9.79 Å². The Hall–Kier alpha value is -1.30. The van der Waals surface area contributed by atoms with Crippen molar-refractivity contribution < 1.29 is 4.79 Å². The van der Waals surface area contributed by atoms with E-state index < -0.39 is 0 Å². The zero-order valence-electron chi connectivity index (χ0n) is 17.1. The monoisotopic (exact) mass is 353 g/mol. The molecule has 25 heavy (non-hydrogen) atoms. The lowest BCUT2D eigenvalue weighted by atomic mass is 9.93. The van der Waals surface area contributed by atoms with Crippen LogP contribution in [0, 0.1) is 5.92 Å². The van der Waals surface area contributed by atoms with E-state index >= 15 is 0 Å². The van der Waals surface area contributed by atoms with Gasteiger partial charge >= 0.3 is 0 Å². The van der Waals surface area contributed by atoms with Crippen LogP contribution in [-0.2, 0) is 4.79 Å². The number of aliphatic imine (C=N–C) groups is 1. The van der Waals surface area contributed by atoms with Crippen molar-refractivity contribution in [3.8, 4) is 0 Å². The first-order chi connectivity index (χ1) is 12.0. The number of amides is 1. The Bertz CT molecular complexity index is 420. The maximum atomic E-state index is 11.8. The van der Waals surface area contributed by atoms with Crippen LogP contribution in [-0.4, -0.2) is 74.0 Å². The van der Waals surface area contributed by atoms with E-state index in [-0.39, 0.29) is 5.91 Å². The Balaban J connectivity index is 2.68. The van der Waals surface area contributed by atoms with Crippen molar-refractivity contribution in [2.45, 2.75) is 65.5 Å². The fourth-order valence-corrected chi connectivity index (χ4v) is 3.59. The van der Waals surface area contributed by atoms with Crippen LogP contribution in [0.2, 0.25) is 0 Å². The smallest absolute Gasteiger partial charge is 0.222 e. The van der Waals surface area contributed by atoms with Gasteiger partial charge in [0.15, 0.2) is 5.96 Å². The highest BCUT2D eigenvalue weighted by molar-refractivity contribution is 5.80. The predicted octanol–water partition coefficient (Wildman–Crippen LogP) is 1.92. The molecule has 1 fully saturated rings. The maximum Gasteiger partial charge on any atom is 0.222 e. The summed E-state index contributed by atoms with van der Waals surface area (Å²) < 4.78 is 0. The van der Waals surface area contributed by atoms with Crippen LogP contribution in [0.3, 0.4) is 0 Å². The Labute approximate surface area is 154 Å². The number of guanidine groups is 1. The molecule has 2 unspecified atom stereocenters. The normalized spacial score (nSPS) is 19.6. The van der Waals surface area contributed by atoms with Gasteiger partial charge in [0.25, 0.3) is 0 Å². The molecular formula is C19H39N5O. The fourth-order valence-electron chi connectivity index (χ4n) is 3.59. The van der Waals surface area contributed by atoms with Gasteiger partial charge in [0.05, 0.1) is 6.54 Å². The summed E-state index contributed by atoms with van der Waals surface area (Å²) in [6, 6.07) is 0.742. The molecule has 1 aliphatic rings. The molecule has 146 valence electrons. The summed E-state index contributed by atoms with van der Waals surface area (Å²) in [5.41, 5.74) is 0. The third-order valence-electron chi connectivity index (χ3n) is 5.22. The molecule has 0 bridgehead atoms. The summed E-state index contributed by atoms with van der Waals surface area (Å²) in [5.74, 6) is 1.77. The lowest BCUT2D eigenvalue weighted by Gasteiger charge is -2.30. The van der Waals surface area contributed by atoms with Crippen molar-refractivity contribution in [3.63, 3.8) is 0 Å². The van der Waals surface area contributed by atoms with Crippen LogP contribution < -0.4 is 10.6 Å². The van der Waals surface area contributed by atoms with Crippen LogP contribution >= 0.6 is 0 Å². The minimum absolute atomic E-state index is 0.243. The number of hydrogen-bond acceptors (Lipinski definition) is 3. The Morgan fingerprint density at radius 3 is 2.44 bits per heavy atom. The molecule has 0 aromatic carbocycles. The van der Waals surface area contributed by atoms with E-state index in [9.17, 15) is 4.79 Å². The van der Waals surface area contributed by atoms with Crippen LogP contribution in [0.15, 0.2) is 4.99 Å². The summed E-state index contributed by atoms with van der Waals surface area (Å²) in [5, 5.41) is 6.88. The number of rotatable bonds is 9. The van der Waals surface area contributed by atoms with Crippen molar-refractivity contribution in [3.05, 3.63) is 0 Å². The van der Waals surface area contributed by atoms with Crippen LogP contribution in [0.1, 0.15) is 53.4 Å². The number of likely N-dealkylation sites (N-methyl/N-ethyl adjacent to an activating group) is 1. The molecule has 1 saturated heterocycles. The van der Waals surface area contributed by atoms with Crippen LogP contribution in [0.5, 0.6) is 0 Å². The van der Waals surface area contributed by atoms with E-state index in [1.165, 1.54) is 12.8 Å². The van der Waals surface area contributed by atoms with Crippen molar-refractivity contribution >= 4 is 11.9 Å². The molecule has 1 aliphatic heterocycles. The second kappa shape index (κ2) is 11.3. The zero-order chi connectivity index (χ0) is 18.8. The molecule has 2 atom stereocenters. The molecule has 6 nitrogen and oxygen atoms in total. The SMILES string of the molecule is CCNC(=NCC(C(CC)CC)N(C)C)NC1CCN(C(=O)CC)C1. The van der Waals surface area contributed by atoms with Gasteiger partial charge in [-0.25, -0.2) is 0 Å². The van der Waals surface area contributed by atoms with E-state index in [1.807, 2.05) is 11.8 Å². The third-order valence-corrected chi connectivity index (χ3v) is 5.22. The third kappa shape index (κ3) is 6.84. The number of nitrogens with zero attached hydrogens (tertiary/aromatic N) is 3. The van der Waals surface area contributed by atoms with Gasteiger partial charge in [-0.05, 0) is 33.4 Å².